The summed E-state index contributed by atoms with van der Waals surface area (Å²) in [5.41, 5.74) is 16.6. The van der Waals surface area contributed by atoms with Gasteiger partial charge in [0.05, 0.1) is 19.3 Å². The summed E-state index contributed by atoms with van der Waals surface area (Å²) in [4.78, 5) is 64.3. The van der Waals surface area contributed by atoms with Gasteiger partial charge in [0.2, 0.25) is 0 Å². The van der Waals surface area contributed by atoms with Crippen LogP contribution in [0, 0.1) is 46.3 Å². The van der Waals surface area contributed by atoms with Crippen LogP contribution < -0.4 is 17.2 Å². The third-order valence-corrected chi connectivity index (χ3v) is 16.0. The van der Waals surface area contributed by atoms with Gasteiger partial charge in [0.25, 0.3) is 0 Å². The maximum atomic E-state index is 13.3. The van der Waals surface area contributed by atoms with E-state index in [9.17, 15) is 29.1 Å². The number of hydrogen-bond acceptors (Lipinski definition) is 14. The molecule has 14 heteroatoms. The van der Waals surface area contributed by atoms with E-state index >= 15 is 0 Å². The number of carbonyl (C=O) groups is 5. The number of hydrogen-bond donors (Lipinski definition) is 4. The Morgan fingerprint density at radius 2 is 1.17 bits per heavy atom. The van der Waals surface area contributed by atoms with Crippen LogP contribution in [0.15, 0.2) is 0 Å². The van der Waals surface area contributed by atoms with Crippen LogP contribution in [0.3, 0.4) is 0 Å². The van der Waals surface area contributed by atoms with Crippen molar-refractivity contribution in [3.63, 3.8) is 0 Å². The van der Waals surface area contributed by atoms with Gasteiger partial charge in [-0.1, -0.05) is 91.9 Å². The SMILES string of the molecule is CCCCCCCCCCCCCC(=O)OCC(O)COC(=O)CC[C@@H](C)[C@H]1CC[C@H]2[C@@H]3[C@H](OC(=O)CCN)C[C@@H]4C[C@H](OC(=O)CCN)CC[C@]4(C)[C@H]3C[C@H](OC(=O)CCN)[C@]12C. The molecule has 0 aromatic carbocycles. The number of nitrogens with two attached hydrogens (primary N) is 3. The van der Waals surface area contributed by atoms with Gasteiger partial charge in [-0.15, -0.1) is 0 Å². The zero-order valence-corrected chi connectivity index (χ0v) is 40.0. The standard InChI is InChI=1S/C50H87N3O11/c1-5-6-7-8-9-10-11-12-13-14-15-16-43(55)60-32-36(54)33-61-44(56)20-17-34(2)38-18-19-39-48-40(31-42(50(38,39)4)64-47(59)24-28-53)49(3)25-21-37(62-45(57)22-26-51)29-35(49)30-41(48)63-46(58)23-27-52/h34-42,48,54H,5-33,51-53H2,1-4H3/t34-,35+,36?,37-,38-,39+,40+,41-,42+,48+,49+,50-/m1/s1. The second kappa shape index (κ2) is 27.1. The van der Waals surface area contributed by atoms with E-state index in [1.54, 1.807) is 0 Å². The predicted molar refractivity (Wildman–Crippen MR) is 244 cm³/mol. The number of unbranched alkanes of at least 4 members (excludes halogenated alkanes) is 10. The van der Waals surface area contributed by atoms with Crippen molar-refractivity contribution in [1.82, 2.24) is 0 Å². The van der Waals surface area contributed by atoms with Crippen LogP contribution in [0.25, 0.3) is 0 Å². The lowest BCUT2D eigenvalue weighted by molar-refractivity contribution is -0.225. The van der Waals surface area contributed by atoms with Gasteiger partial charge in [-0.05, 0) is 92.8 Å². The summed E-state index contributed by atoms with van der Waals surface area (Å²) in [6, 6.07) is 0. The molecule has 4 rings (SSSR count). The van der Waals surface area contributed by atoms with Crippen LogP contribution in [-0.4, -0.2) is 92.2 Å². The number of esters is 5. The molecule has 64 heavy (non-hydrogen) atoms. The zero-order valence-electron chi connectivity index (χ0n) is 40.0. The molecule has 0 aliphatic heterocycles. The van der Waals surface area contributed by atoms with E-state index in [0.717, 1.165) is 44.9 Å². The molecule has 0 aromatic heterocycles. The number of ether oxygens (including phenoxy) is 5. The van der Waals surface area contributed by atoms with Gasteiger partial charge in [0.15, 0.2) is 0 Å². The molecule has 4 aliphatic carbocycles. The highest BCUT2D eigenvalue weighted by Crippen LogP contribution is 2.69. The first-order chi connectivity index (χ1) is 30.7. The van der Waals surface area contributed by atoms with Crippen LogP contribution in [0.2, 0.25) is 0 Å². The molecule has 0 amide bonds. The van der Waals surface area contributed by atoms with Gasteiger partial charge >= 0.3 is 29.8 Å². The summed E-state index contributed by atoms with van der Waals surface area (Å²) in [6.45, 7) is 9.05. The molecular weight excluding hydrogens is 819 g/mol. The summed E-state index contributed by atoms with van der Waals surface area (Å²) in [5.74, 6) is -1.30. The Morgan fingerprint density at radius 3 is 1.77 bits per heavy atom. The van der Waals surface area contributed by atoms with Gasteiger partial charge in [0.1, 0.15) is 37.6 Å². The zero-order chi connectivity index (χ0) is 46.7. The van der Waals surface area contributed by atoms with Crippen molar-refractivity contribution >= 4 is 29.8 Å². The summed E-state index contributed by atoms with van der Waals surface area (Å²) in [6.07, 6.45) is 17.6. The number of carbonyl (C=O) groups excluding carboxylic acids is 5. The van der Waals surface area contributed by atoms with Gasteiger partial charge in [-0.2, -0.15) is 0 Å². The van der Waals surface area contributed by atoms with E-state index in [-0.39, 0.29) is 136 Å². The molecule has 4 aliphatic rings. The van der Waals surface area contributed by atoms with E-state index in [1.807, 2.05) is 0 Å². The molecule has 0 radical (unpaired) electrons. The highest BCUT2D eigenvalue weighted by atomic mass is 16.6. The lowest BCUT2D eigenvalue weighted by atomic mass is 9.43. The Bertz CT molecular complexity index is 1470. The first kappa shape index (κ1) is 53.8. The molecule has 12 atom stereocenters. The Kier molecular flexibility index (Phi) is 22.8. The summed E-state index contributed by atoms with van der Waals surface area (Å²) < 4.78 is 29.4. The molecule has 4 fully saturated rings. The largest absolute Gasteiger partial charge is 0.463 e. The van der Waals surface area contributed by atoms with Gasteiger partial charge < -0.3 is 46.0 Å². The minimum atomic E-state index is -1.11. The minimum absolute atomic E-state index is 0.0197. The van der Waals surface area contributed by atoms with Crippen molar-refractivity contribution in [3.05, 3.63) is 0 Å². The first-order valence-electron chi connectivity index (χ1n) is 25.4. The maximum Gasteiger partial charge on any atom is 0.307 e. The third-order valence-electron chi connectivity index (χ3n) is 16.0. The smallest absolute Gasteiger partial charge is 0.307 e. The third kappa shape index (κ3) is 15.1. The topological polar surface area (TPSA) is 230 Å². The average molecular weight is 906 g/mol. The van der Waals surface area contributed by atoms with Crippen molar-refractivity contribution in [2.24, 2.45) is 63.5 Å². The van der Waals surface area contributed by atoms with Crippen molar-refractivity contribution < 1.29 is 52.8 Å². The Hall–Kier alpha value is -2.81. The average Bonchev–Trinajstić information content (AvgIpc) is 3.62. The van der Waals surface area contributed by atoms with Gasteiger partial charge in [-0.25, -0.2) is 0 Å². The summed E-state index contributed by atoms with van der Waals surface area (Å²) in [7, 11) is 0. The fourth-order valence-electron chi connectivity index (χ4n) is 12.6. The number of aliphatic hydroxyl groups is 1. The van der Waals surface area contributed by atoms with E-state index in [4.69, 9.17) is 40.9 Å². The van der Waals surface area contributed by atoms with Crippen molar-refractivity contribution in [3.8, 4) is 0 Å². The van der Waals surface area contributed by atoms with E-state index in [2.05, 4.69) is 27.7 Å². The summed E-state index contributed by atoms with van der Waals surface area (Å²) in [5, 5.41) is 10.5. The highest BCUT2D eigenvalue weighted by molar-refractivity contribution is 5.71. The molecule has 0 bridgehead atoms. The quantitative estimate of drug-likeness (QED) is 0.0330. The maximum absolute atomic E-state index is 13.3. The number of aliphatic hydroxyl groups excluding tert-OH is 1. The molecule has 0 spiro atoms. The van der Waals surface area contributed by atoms with Crippen LogP contribution in [-0.2, 0) is 47.7 Å². The van der Waals surface area contributed by atoms with Crippen LogP contribution >= 0.6 is 0 Å². The first-order valence-corrected chi connectivity index (χ1v) is 25.4. The Balaban J connectivity index is 1.33. The number of rotatable bonds is 29. The fraction of sp³-hybridized carbons (Fsp3) is 0.900. The Labute approximate surface area is 384 Å². The molecule has 4 saturated carbocycles. The molecule has 368 valence electrons. The van der Waals surface area contributed by atoms with E-state index < -0.39 is 23.6 Å². The van der Waals surface area contributed by atoms with Crippen LogP contribution in [0.4, 0.5) is 0 Å². The van der Waals surface area contributed by atoms with Gasteiger partial charge in [0, 0.05) is 43.8 Å². The van der Waals surface area contributed by atoms with E-state index in [1.165, 1.54) is 51.4 Å². The molecule has 0 saturated heterocycles. The molecule has 14 nitrogen and oxygen atoms in total. The van der Waals surface area contributed by atoms with Crippen LogP contribution in [0.1, 0.15) is 182 Å². The molecule has 1 unspecified atom stereocenters. The minimum Gasteiger partial charge on any atom is -0.463 e. The molecule has 0 heterocycles. The highest BCUT2D eigenvalue weighted by Gasteiger charge is 2.67. The van der Waals surface area contributed by atoms with Crippen molar-refractivity contribution in [2.45, 2.75) is 206 Å². The summed E-state index contributed by atoms with van der Waals surface area (Å²) >= 11 is 0. The molecule has 0 aromatic rings. The van der Waals surface area contributed by atoms with Crippen LogP contribution in [0.5, 0.6) is 0 Å². The lowest BCUT2D eigenvalue weighted by Crippen LogP contribution is -2.63. The monoisotopic (exact) mass is 906 g/mol. The normalized spacial score (nSPS) is 30.5. The fourth-order valence-corrected chi connectivity index (χ4v) is 12.6. The predicted octanol–water partition coefficient (Wildman–Crippen LogP) is 7.21. The lowest BCUT2D eigenvalue weighted by Gasteiger charge is -2.64. The second-order valence-electron chi connectivity index (χ2n) is 20.3. The van der Waals surface area contributed by atoms with Gasteiger partial charge in [-0.3, -0.25) is 24.0 Å². The number of fused-ring (bicyclic) bond motifs is 5. The molecule has 7 N–H and O–H groups in total. The second-order valence-corrected chi connectivity index (χ2v) is 20.3. The van der Waals surface area contributed by atoms with Crippen molar-refractivity contribution in [1.29, 1.82) is 0 Å². The van der Waals surface area contributed by atoms with Crippen molar-refractivity contribution in [2.75, 3.05) is 32.8 Å². The Morgan fingerprint density at radius 1 is 0.625 bits per heavy atom. The molecular formula is C50H87N3O11. The van der Waals surface area contributed by atoms with E-state index in [0.29, 0.717) is 32.1 Å².